The van der Waals surface area contributed by atoms with Crippen LogP contribution in [0.2, 0.25) is 0 Å². The van der Waals surface area contributed by atoms with Crippen LogP contribution in [-0.4, -0.2) is 31.5 Å². The zero-order chi connectivity index (χ0) is 14.8. The van der Waals surface area contributed by atoms with Gasteiger partial charge in [-0.15, -0.1) is 0 Å². The molecule has 0 bridgehead atoms. The Labute approximate surface area is 125 Å². The Bertz CT molecular complexity index is 395. The second-order valence-electron chi connectivity index (χ2n) is 4.47. The predicted molar refractivity (Wildman–Crippen MR) is 83.0 cm³/mol. The van der Waals surface area contributed by atoms with Crippen LogP contribution in [0.15, 0.2) is 24.3 Å². The van der Waals surface area contributed by atoms with Gasteiger partial charge in [0, 0.05) is 24.0 Å². The van der Waals surface area contributed by atoms with E-state index in [4.69, 9.17) is 15.2 Å². The molecule has 0 aromatic heterocycles. The van der Waals surface area contributed by atoms with E-state index in [1.807, 2.05) is 19.1 Å². The molecule has 1 aromatic rings. The highest BCUT2D eigenvalue weighted by molar-refractivity contribution is 7.98. The summed E-state index contributed by atoms with van der Waals surface area (Å²) in [4.78, 5) is 11.2. The number of hydrogen-bond acceptors (Lipinski definition) is 5. The van der Waals surface area contributed by atoms with E-state index in [2.05, 4.69) is 12.1 Å². The van der Waals surface area contributed by atoms with Crippen molar-refractivity contribution in [1.82, 2.24) is 0 Å². The van der Waals surface area contributed by atoms with Crippen LogP contribution in [0.25, 0.3) is 0 Å². The summed E-state index contributed by atoms with van der Waals surface area (Å²) in [5, 5.41) is 0. The van der Waals surface area contributed by atoms with Crippen molar-refractivity contribution >= 4 is 17.7 Å². The Morgan fingerprint density at radius 2 is 2.05 bits per heavy atom. The number of hydrogen-bond donors (Lipinski definition) is 1. The standard InChI is InChI=1S/C15H23NO3S/c1-3-19-15(17)9-6-13(16)11-20-10-12-4-7-14(18-2)8-5-12/h4-5,7-8,13H,3,6,9-11,16H2,1-2H3. The number of esters is 1. The Kier molecular flexibility index (Phi) is 8.14. The summed E-state index contributed by atoms with van der Waals surface area (Å²) in [6.45, 7) is 2.24. The molecule has 0 fully saturated rings. The number of nitrogens with two attached hydrogens (primary N) is 1. The molecule has 20 heavy (non-hydrogen) atoms. The average molecular weight is 297 g/mol. The van der Waals surface area contributed by atoms with Gasteiger partial charge in [-0.1, -0.05) is 12.1 Å². The molecule has 0 aliphatic rings. The molecule has 0 aliphatic carbocycles. The Balaban J connectivity index is 2.17. The van der Waals surface area contributed by atoms with Crippen molar-refractivity contribution in [3.05, 3.63) is 29.8 Å². The summed E-state index contributed by atoms with van der Waals surface area (Å²) in [5.41, 5.74) is 7.22. The molecule has 2 N–H and O–H groups in total. The first-order valence-corrected chi connectivity index (χ1v) is 7.93. The summed E-state index contributed by atoms with van der Waals surface area (Å²) in [7, 11) is 1.66. The summed E-state index contributed by atoms with van der Waals surface area (Å²) in [5.74, 6) is 2.45. The van der Waals surface area contributed by atoms with Gasteiger partial charge in [0.1, 0.15) is 5.75 Å². The minimum Gasteiger partial charge on any atom is -0.497 e. The van der Waals surface area contributed by atoms with Gasteiger partial charge in [-0.25, -0.2) is 0 Å². The maximum atomic E-state index is 11.2. The van der Waals surface area contributed by atoms with E-state index in [0.29, 0.717) is 19.4 Å². The fourth-order valence-electron chi connectivity index (χ4n) is 1.67. The predicted octanol–water partition coefficient (Wildman–Crippen LogP) is 2.60. The van der Waals surface area contributed by atoms with Gasteiger partial charge in [0.15, 0.2) is 0 Å². The third-order valence-electron chi connectivity index (χ3n) is 2.78. The van der Waals surface area contributed by atoms with E-state index in [9.17, 15) is 4.79 Å². The Hall–Kier alpha value is -1.20. The number of benzene rings is 1. The number of ether oxygens (including phenoxy) is 2. The molecule has 0 aliphatic heterocycles. The molecule has 1 unspecified atom stereocenters. The summed E-state index contributed by atoms with van der Waals surface area (Å²) in [6, 6.07) is 8.04. The molecular formula is C15H23NO3S. The van der Waals surface area contributed by atoms with E-state index in [-0.39, 0.29) is 12.0 Å². The third-order valence-corrected chi connectivity index (χ3v) is 3.99. The molecule has 1 atom stereocenters. The molecule has 4 nitrogen and oxygen atoms in total. The van der Waals surface area contributed by atoms with Crippen LogP contribution in [0.4, 0.5) is 0 Å². The molecule has 0 saturated carbocycles. The highest BCUT2D eigenvalue weighted by Crippen LogP contribution is 2.17. The van der Waals surface area contributed by atoms with Crippen LogP contribution < -0.4 is 10.5 Å². The quantitative estimate of drug-likeness (QED) is 0.710. The lowest BCUT2D eigenvalue weighted by atomic mass is 10.2. The first-order valence-electron chi connectivity index (χ1n) is 6.77. The molecule has 112 valence electrons. The molecule has 0 heterocycles. The highest BCUT2D eigenvalue weighted by Gasteiger charge is 2.08. The maximum Gasteiger partial charge on any atom is 0.305 e. The molecule has 5 heteroatoms. The van der Waals surface area contributed by atoms with Crippen LogP contribution in [0.5, 0.6) is 5.75 Å². The minimum atomic E-state index is -0.164. The second-order valence-corrected chi connectivity index (χ2v) is 5.50. The zero-order valence-corrected chi connectivity index (χ0v) is 12.9. The fourth-order valence-corrected chi connectivity index (χ4v) is 2.69. The van der Waals surface area contributed by atoms with Gasteiger partial charge in [0.05, 0.1) is 13.7 Å². The van der Waals surface area contributed by atoms with Gasteiger partial charge in [-0.2, -0.15) is 11.8 Å². The Morgan fingerprint density at radius 3 is 2.65 bits per heavy atom. The number of carbonyl (C=O) groups is 1. The molecule has 1 rings (SSSR count). The van der Waals surface area contributed by atoms with Crippen LogP contribution in [-0.2, 0) is 15.3 Å². The fraction of sp³-hybridized carbons (Fsp3) is 0.533. The molecular weight excluding hydrogens is 274 g/mol. The highest BCUT2D eigenvalue weighted by atomic mass is 32.2. The van der Waals surface area contributed by atoms with Crippen molar-refractivity contribution in [1.29, 1.82) is 0 Å². The van der Waals surface area contributed by atoms with Crippen LogP contribution in [0.1, 0.15) is 25.3 Å². The van der Waals surface area contributed by atoms with Crippen LogP contribution in [0, 0.1) is 0 Å². The number of carbonyl (C=O) groups excluding carboxylic acids is 1. The van der Waals surface area contributed by atoms with Crippen molar-refractivity contribution in [3.63, 3.8) is 0 Å². The largest absolute Gasteiger partial charge is 0.497 e. The topological polar surface area (TPSA) is 61.5 Å². The normalized spacial score (nSPS) is 11.9. The maximum absolute atomic E-state index is 11.2. The van der Waals surface area contributed by atoms with E-state index < -0.39 is 0 Å². The van der Waals surface area contributed by atoms with Crippen molar-refractivity contribution in [2.75, 3.05) is 19.5 Å². The van der Waals surface area contributed by atoms with E-state index in [1.54, 1.807) is 18.9 Å². The summed E-state index contributed by atoms with van der Waals surface area (Å²) < 4.78 is 9.99. The SMILES string of the molecule is CCOC(=O)CCC(N)CSCc1ccc(OC)cc1. The minimum absolute atomic E-state index is 0.0302. The van der Waals surface area contributed by atoms with E-state index in [0.717, 1.165) is 17.3 Å². The van der Waals surface area contributed by atoms with Crippen molar-refractivity contribution < 1.29 is 14.3 Å². The van der Waals surface area contributed by atoms with Crippen LogP contribution >= 0.6 is 11.8 Å². The molecule has 0 radical (unpaired) electrons. The van der Waals surface area contributed by atoms with Gasteiger partial charge in [0.2, 0.25) is 0 Å². The molecule has 0 spiro atoms. The van der Waals surface area contributed by atoms with Gasteiger partial charge in [0.25, 0.3) is 0 Å². The smallest absolute Gasteiger partial charge is 0.305 e. The number of methoxy groups -OCH3 is 1. The van der Waals surface area contributed by atoms with Gasteiger partial charge in [-0.3, -0.25) is 4.79 Å². The molecule has 0 amide bonds. The lowest BCUT2D eigenvalue weighted by Gasteiger charge is -2.11. The second kappa shape index (κ2) is 9.66. The lowest BCUT2D eigenvalue weighted by molar-refractivity contribution is -0.143. The number of rotatable bonds is 9. The number of thioether (sulfide) groups is 1. The first-order chi connectivity index (χ1) is 9.65. The Morgan fingerprint density at radius 1 is 1.35 bits per heavy atom. The van der Waals surface area contributed by atoms with Crippen molar-refractivity contribution in [2.45, 2.75) is 31.6 Å². The molecule has 0 saturated heterocycles. The zero-order valence-electron chi connectivity index (χ0n) is 12.1. The summed E-state index contributed by atoms with van der Waals surface area (Å²) >= 11 is 1.77. The van der Waals surface area contributed by atoms with Crippen molar-refractivity contribution in [3.8, 4) is 5.75 Å². The van der Waals surface area contributed by atoms with E-state index in [1.165, 1.54) is 5.56 Å². The molecule has 1 aromatic carbocycles. The lowest BCUT2D eigenvalue weighted by Crippen LogP contribution is -2.24. The third kappa shape index (κ3) is 6.82. The average Bonchev–Trinajstić information content (AvgIpc) is 2.46. The van der Waals surface area contributed by atoms with Crippen LogP contribution in [0.3, 0.4) is 0 Å². The van der Waals surface area contributed by atoms with Gasteiger partial charge >= 0.3 is 5.97 Å². The van der Waals surface area contributed by atoms with Crippen molar-refractivity contribution in [2.24, 2.45) is 5.73 Å². The van der Waals surface area contributed by atoms with Gasteiger partial charge < -0.3 is 15.2 Å². The van der Waals surface area contributed by atoms with E-state index >= 15 is 0 Å². The summed E-state index contributed by atoms with van der Waals surface area (Å²) in [6.07, 6.45) is 1.08. The monoisotopic (exact) mass is 297 g/mol. The first kappa shape index (κ1) is 16.9. The van der Waals surface area contributed by atoms with Gasteiger partial charge in [-0.05, 0) is 31.0 Å².